The summed E-state index contributed by atoms with van der Waals surface area (Å²) in [6.07, 6.45) is 0.827. The summed E-state index contributed by atoms with van der Waals surface area (Å²) in [5.41, 5.74) is 8.48. The number of piperidine rings is 1. The van der Waals surface area contributed by atoms with Crippen LogP contribution < -0.4 is 0 Å². The van der Waals surface area contributed by atoms with E-state index in [4.69, 9.17) is 5.53 Å². The van der Waals surface area contributed by atoms with E-state index >= 15 is 0 Å². The van der Waals surface area contributed by atoms with Crippen LogP contribution in [0.1, 0.15) is 18.5 Å². The Morgan fingerprint density at radius 1 is 1.42 bits per heavy atom. The van der Waals surface area contributed by atoms with Crippen LogP contribution in [0.5, 0.6) is 0 Å². The minimum atomic E-state index is -2.62. The van der Waals surface area contributed by atoms with E-state index in [0.717, 1.165) is 6.07 Å². The van der Waals surface area contributed by atoms with Gasteiger partial charge in [-0.05, 0) is 11.6 Å². The van der Waals surface area contributed by atoms with Crippen molar-refractivity contribution in [1.82, 2.24) is 9.88 Å². The lowest BCUT2D eigenvalue weighted by Gasteiger charge is -2.31. The summed E-state index contributed by atoms with van der Waals surface area (Å²) in [4.78, 5) is 8.12. The SMILES string of the molecule is [N-]=[N+]=Nc1cnc(CN2CCC(F)(F)CC2)c(F)c1. The zero-order valence-corrected chi connectivity index (χ0v) is 10.1. The number of alkyl halides is 2. The average molecular weight is 271 g/mol. The van der Waals surface area contributed by atoms with Gasteiger partial charge in [-0.2, -0.15) is 0 Å². The van der Waals surface area contributed by atoms with Crippen molar-refractivity contribution >= 4 is 5.69 Å². The molecule has 0 aromatic carbocycles. The predicted octanol–water partition coefficient (Wildman–Crippen LogP) is 3.39. The molecule has 8 heteroatoms. The molecule has 1 aliphatic heterocycles. The molecule has 0 unspecified atom stereocenters. The van der Waals surface area contributed by atoms with E-state index in [0.29, 0.717) is 0 Å². The van der Waals surface area contributed by atoms with Crippen molar-refractivity contribution in [3.05, 3.63) is 34.2 Å². The highest BCUT2D eigenvalue weighted by Gasteiger charge is 2.34. The second-order valence-electron chi connectivity index (χ2n) is 4.44. The maximum atomic E-state index is 13.7. The van der Waals surface area contributed by atoms with Gasteiger partial charge in [0, 0.05) is 43.6 Å². The highest BCUT2D eigenvalue weighted by atomic mass is 19.3. The number of halogens is 3. The van der Waals surface area contributed by atoms with E-state index < -0.39 is 11.7 Å². The lowest BCUT2D eigenvalue weighted by molar-refractivity contribution is -0.0569. The summed E-state index contributed by atoms with van der Waals surface area (Å²) in [5.74, 6) is -3.21. The van der Waals surface area contributed by atoms with Crippen LogP contribution in [0.3, 0.4) is 0 Å². The molecular weight excluding hydrogens is 259 g/mol. The summed E-state index contributed by atoms with van der Waals surface area (Å²) < 4.78 is 39.6. The maximum absolute atomic E-state index is 13.7. The van der Waals surface area contributed by atoms with E-state index in [9.17, 15) is 13.2 Å². The molecule has 1 aromatic heterocycles. The van der Waals surface area contributed by atoms with Crippen molar-refractivity contribution in [2.24, 2.45) is 5.11 Å². The molecule has 102 valence electrons. The van der Waals surface area contributed by atoms with Gasteiger partial charge in [0.15, 0.2) is 0 Å². The number of hydrogen-bond acceptors (Lipinski definition) is 3. The second-order valence-corrected chi connectivity index (χ2v) is 4.44. The van der Waals surface area contributed by atoms with Crippen LogP contribution in [0.4, 0.5) is 18.9 Å². The standard InChI is InChI=1S/C11H12F3N5/c12-9-5-8(17-18-15)6-16-10(9)7-19-3-1-11(13,14)2-4-19/h5-6H,1-4,7H2. The smallest absolute Gasteiger partial charge is 0.250 e. The molecule has 0 amide bonds. The largest absolute Gasteiger partial charge is 0.297 e. The van der Waals surface area contributed by atoms with Gasteiger partial charge in [0.05, 0.1) is 11.4 Å². The Kier molecular flexibility index (Phi) is 3.92. The Morgan fingerprint density at radius 3 is 2.68 bits per heavy atom. The van der Waals surface area contributed by atoms with Crippen molar-refractivity contribution in [3.63, 3.8) is 0 Å². The van der Waals surface area contributed by atoms with Gasteiger partial charge in [0.25, 0.3) is 5.92 Å². The highest BCUT2D eigenvalue weighted by molar-refractivity contribution is 5.34. The lowest BCUT2D eigenvalue weighted by atomic mass is 10.1. The highest BCUT2D eigenvalue weighted by Crippen LogP contribution is 2.28. The van der Waals surface area contributed by atoms with E-state index in [1.165, 1.54) is 6.20 Å². The molecule has 5 nitrogen and oxygen atoms in total. The third-order valence-corrected chi connectivity index (χ3v) is 3.02. The fourth-order valence-corrected chi connectivity index (χ4v) is 1.93. The molecule has 0 saturated carbocycles. The van der Waals surface area contributed by atoms with Gasteiger partial charge in [0.1, 0.15) is 5.82 Å². The molecule has 0 spiro atoms. The molecule has 0 radical (unpaired) electrons. The molecule has 19 heavy (non-hydrogen) atoms. The Hall–Kier alpha value is -1.79. The summed E-state index contributed by atoms with van der Waals surface area (Å²) in [5, 5.41) is 3.24. The molecule has 1 aliphatic rings. The topological polar surface area (TPSA) is 64.9 Å². The first-order chi connectivity index (χ1) is 9.00. The van der Waals surface area contributed by atoms with Crippen molar-refractivity contribution in [1.29, 1.82) is 0 Å². The zero-order chi connectivity index (χ0) is 13.9. The normalized spacial score (nSPS) is 18.9. The van der Waals surface area contributed by atoms with E-state index in [-0.39, 0.29) is 43.9 Å². The van der Waals surface area contributed by atoms with Gasteiger partial charge >= 0.3 is 0 Å². The quantitative estimate of drug-likeness (QED) is 0.480. The van der Waals surface area contributed by atoms with Gasteiger partial charge in [-0.3, -0.25) is 9.88 Å². The number of azide groups is 1. The van der Waals surface area contributed by atoms with Gasteiger partial charge in [0.2, 0.25) is 0 Å². The number of nitrogens with zero attached hydrogens (tertiary/aromatic N) is 5. The van der Waals surface area contributed by atoms with Crippen LogP contribution in [0, 0.1) is 5.82 Å². The van der Waals surface area contributed by atoms with E-state index in [1.54, 1.807) is 4.90 Å². The monoisotopic (exact) mass is 271 g/mol. The number of aromatic nitrogens is 1. The fourth-order valence-electron chi connectivity index (χ4n) is 1.93. The molecule has 0 N–H and O–H groups in total. The fraction of sp³-hybridized carbons (Fsp3) is 0.545. The Bertz CT molecular complexity index is 503. The van der Waals surface area contributed by atoms with Crippen LogP contribution in [-0.4, -0.2) is 28.9 Å². The van der Waals surface area contributed by atoms with Crippen LogP contribution >= 0.6 is 0 Å². The van der Waals surface area contributed by atoms with Crippen molar-refractivity contribution in [3.8, 4) is 0 Å². The predicted molar refractivity (Wildman–Crippen MR) is 62.5 cm³/mol. The Labute approximate surface area is 107 Å². The molecule has 2 heterocycles. The molecule has 1 saturated heterocycles. The van der Waals surface area contributed by atoms with Crippen LogP contribution in [0.15, 0.2) is 17.4 Å². The number of hydrogen-bond donors (Lipinski definition) is 0. The average Bonchev–Trinajstić information content (AvgIpc) is 2.35. The summed E-state index contributed by atoms with van der Waals surface area (Å²) >= 11 is 0. The Morgan fingerprint density at radius 2 is 2.11 bits per heavy atom. The first-order valence-corrected chi connectivity index (χ1v) is 5.80. The molecule has 0 bridgehead atoms. The summed E-state index contributed by atoms with van der Waals surface area (Å²) in [6, 6.07) is 1.08. The molecule has 1 aromatic rings. The lowest BCUT2D eigenvalue weighted by Crippen LogP contribution is -2.39. The molecular formula is C11H12F3N5. The molecule has 0 aliphatic carbocycles. The first kappa shape index (κ1) is 13.6. The molecule has 2 rings (SSSR count). The van der Waals surface area contributed by atoms with E-state index in [2.05, 4.69) is 15.0 Å². The van der Waals surface area contributed by atoms with Crippen LogP contribution in [0.2, 0.25) is 0 Å². The summed E-state index contributed by atoms with van der Waals surface area (Å²) in [7, 11) is 0. The number of pyridine rings is 1. The van der Waals surface area contributed by atoms with Crippen molar-refractivity contribution in [2.75, 3.05) is 13.1 Å². The zero-order valence-electron chi connectivity index (χ0n) is 10.1. The number of likely N-dealkylation sites (tertiary alicyclic amines) is 1. The molecule has 1 fully saturated rings. The second kappa shape index (κ2) is 5.46. The minimum Gasteiger partial charge on any atom is -0.297 e. The van der Waals surface area contributed by atoms with Crippen LogP contribution in [0.25, 0.3) is 10.4 Å². The maximum Gasteiger partial charge on any atom is 0.250 e. The third kappa shape index (κ3) is 3.59. The first-order valence-electron chi connectivity index (χ1n) is 5.80. The van der Waals surface area contributed by atoms with Gasteiger partial charge in [-0.25, -0.2) is 13.2 Å². The summed E-state index contributed by atoms with van der Waals surface area (Å²) in [6.45, 7) is 0.608. The van der Waals surface area contributed by atoms with Crippen molar-refractivity contribution < 1.29 is 13.2 Å². The third-order valence-electron chi connectivity index (χ3n) is 3.02. The van der Waals surface area contributed by atoms with E-state index in [1.807, 2.05) is 0 Å². The van der Waals surface area contributed by atoms with Gasteiger partial charge in [-0.1, -0.05) is 5.11 Å². The Balaban J connectivity index is 2.02. The number of rotatable bonds is 3. The molecule has 0 atom stereocenters. The minimum absolute atomic E-state index is 0.0916. The van der Waals surface area contributed by atoms with Crippen LogP contribution in [-0.2, 0) is 6.54 Å². The van der Waals surface area contributed by atoms with Gasteiger partial charge in [-0.15, -0.1) is 0 Å². The van der Waals surface area contributed by atoms with Gasteiger partial charge < -0.3 is 0 Å². The van der Waals surface area contributed by atoms with Crippen molar-refractivity contribution in [2.45, 2.75) is 25.3 Å².